The lowest BCUT2D eigenvalue weighted by Gasteiger charge is -2.16. The van der Waals surface area contributed by atoms with Crippen molar-refractivity contribution in [2.24, 2.45) is 0 Å². The smallest absolute Gasteiger partial charge is 0.319 e. The minimum Gasteiger partial charge on any atom is -0.495 e. The quantitative estimate of drug-likeness (QED) is 0.869. The molecule has 0 unspecified atom stereocenters. The molecule has 0 spiro atoms. The topological polar surface area (TPSA) is 70.7 Å². The van der Waals surface area contributed by atoms with Crippen LogP contribution in [0.4, 0.5) is 10.5 Å². The van der Waals surface area contributed by atoms with Crippen LogP contribution in [-0.4, -0.2) is 43.6 Å². The first-order valence-corrected chi connectivity index (χ1v) is 7.55. The van der Waals surface area contributed by atoms with Gasteiger partial charge in [-0.05, 0) is 31.0 Å². The zero-order valence-electron chi connectivity index (χ0n) is 11.8. The maximum Gasteiger partial charge on any atom is 0.319 e. The predicted molar refractivity (Wildman–Crippen MR) is 83.5 cm³/mol. The van der Waals surface area contributed by atoms with Crippen molar-refractivity contribution in [3.8, 4) is 5.75 Å². The van der Waals surface area contributed by atoms with Gasteiger partial charge in [-0.2, -0.15) is 0 Å². The first-order chi connectivity index (χ1) is 10.1. The third-order valence-electron chi connectivity index (χ3n) is 3.27. The van der Waals surface area contributed by atoms with Gasteiger partial charge in [0.1, 0.15) is 5.75 Å². The van der Waals surface area contributed by atoms with Gasteiger partial charge >= 0.3 is 6.03 Å². The Morgan fingerprint density at radius 3 is 2.71 bits per heavy atom. The molecule has 0 aliphatic carbocycles. The Labute approximate surface area is 132 Å². The number of rotatable bonds is 4. The highest BCUT2D eigenvalue weighted by molar-refractivity contribution is 9.10. The van der Waals surface area contributed by atoms with Gasteiger partial charge in [0.2, 0.25) is 5.91 Å². The van der Waals surface area contributed by atoms with Crippen molar-refractivity contribution in [1.29, 1.82) is 0 Å². The Morgan fingerprint density at radius 2 is 2.05 bits per heavy atom. The molecule has 1 aromatic rings. The van der Waals surface area contributed by atoms with Crippen molar-refractivity contribution in [1.82, 2.24) is 10.2 Å². The van der Waals surface area contributed by atoms with Crippen molar-refractivity contribution < 1.29 is 14.3 Å². The number of nitrogens with one attached hydrogen (secondary N) is 2. The number of halogens is 1. The number of urea groups is 1. The Hall–Kier alpha value is -1.76. The van der Waals surface area contributed by atoms with Crippen LogP contribution in [-0.2, 0) is 4.79 Å². The van der Waals surface area contributed by atoms with Crippen LogP contribution >= 0.6 is 15.9 Å². The third kappa shape index (κ3) is 4.35. The number of anilines is 1. The Balaban J connectivity index is 1.86. The number of likely N-dealkylation sites (tertiary alicyclic amines) is 1. The number of nitrogens with zero attached hydrogens (tertiary/aromatic N) is 1. The molecule has 2 N–H and O–H groups in total. The summed E-state index contributed by atoms with van der Waals surface area (Å²) in [6, 6.07) is 4.87. The lowest BCUT2D eigenvalue weighted by Crippen LogP contribution is -2.40. The van der Waals surface area contributed by atoms with Gasteiger partial charge in [0.05, 0.1) is 19.3 Å². The van der Waals surface area contributed by atoms with Crippen molar-refractivity contribution in [2.75, 3.05) is 32.1 Å². The van der Waals surface area contributed by atoms with Gasteiger partial charge in [0.25, 0.3) is 0 Å². The van der Waals surface area contributed by atoms with E-state index in [0.717, 1.165) is 30.4 Å². The number of benzene rings is 1. The number of amides is 3. The molecule has 0 radical (unpaired) electrons. The molecule has 1 heterocycles. The van der Waals surface area contributed by atoms with E-state index in [4.69, 9.17) is 4.74 Å². The van der Waals surface area contributed by atoms with Crippen LogP contribution in [0.1, 0.15) is 12.8 Å². The minimum atomic E-state index is -0.432. The predicted octanol–water partition coefficient (Wildman–Crippen LogP) is 2.20. The van der Waals surface area contributed by atoms with Gasteiger partial charge in [-0.15, -0.1) is 0 Å². The molecule has 0 atom stereocenters. The molecule has 1 aliphatic rings. The third-order valence-corrected chi connectivity index (χ3v) is 3.76. The highest BCUT2D eigenvalue weighted by Crippen LogP contribution is 2.27. The van der Waals surface area contributed by atoms with E-state index >= 15 is 0 Å². The fraction of sp³-hybridized carbons (Fsp3) is 0.429. The second kappa shape index (κ2) is 7.31. The second-order valence-electron chi connectivity index (χ2n) is 4.74. The van der Waals surface area contributed by atoms with Gasteiger partial charge < -0.3 is 20.3 Å². The number of carbonyl (C=O) groups excluding carboxylic acids is 2. The van der Waals surface area contributed by atoms with E-state index in [1.165, 1.54) is 7.11 Å². The summed E-state index contributed by atoms with van der Waals surface area (Å²) < 4.78 is 6.00. The number of hydrogen-bond donors (Lipinski definition) is 2. The highest BCUT2D eigenvalue weighted by atomic mass is 79.9. The fourth-order valence-corrected chi connectivity index (χ4v) is 2.54. The molecule has 0 bridgehead atoms. The van der Waals surface area contributed by atoms with Gasteiger partial charge in [-0.1, -0.05) is 15.9 Å². The monoisotopic (exact) mass is 355 g/mol. The minimum absolute atomic E-state index is 0.00213. The average Bonchev–Trinajstić information content (AvgIpc) is 2.99. The van der Waals surface area contributed by atoms with Gasteiger partial charge in [-0.25, -0.2) is 4.79 Å². The van der Waals surface area contributed by atoms with Crippen LogP contribution in [0.2, 0.25) is 0 Å². The lowest BCUT2D eigenvalue weighted by atomic mass is 10.3. The second-order valence-corrected chi connectivity index (χ2v) is 5.66. The summed E-state index contributed by atoms with van der Waals surface area (Å²) in [5, 5.41) is 5.24. The summed E-state index contributed by atoms with van der Waals surface area (Å²) in [6.07, 6.45) is 2.07. The summed E-state index contributed by atoms with van der Waals surface area (Å²) in [6.45, 7) is 1.56. The largest absolute Gasteiger partial charge is 0.495 e. The van der Waals surface area contributed by atoms with E-state index < -0.39 is 6.03 Å². The van der Waals surface area contributed by atoms with E-state index in [2.05, 4.69) is 26.6 Å². The van der Waals surface area contributed by atoms with E-state index in [-0.39, 0.29) is 12.5 Å². The van der Waals surface area contributed by atoms with Crippen LogP contribution < -0.4 is 15.4 Å². The zero-order chi connectivity index (χ0) is 15.2. The van der Waals surface area contributed by atoms with Crippen LogP contribution in [0.25, 0.3) is 0 Å². The summed E-state index contributed by atoms with van der Waals surface area (Å²) in [5.74, 6) is 0.503. The summed E-state index contributed by atoms with van der Waals surface area (Å²) >= 11 is 3.33. The molecule has 3 amide bonds. The van der Waals surface area contributed by atoms with E-state index in [1.807, 2.05) is 6.07 Å². The molecule has 0 aromatic heterocycles. The van der Waals surface area contributed by atoms with Gasteiger partial charge in [0, 0.05) is 17.6 Å². The van der Waals surface area contributed by atoms with Crippen molar-refractivity contribution in [2.45, 2.75) is 12.8 Å². The first-order valence-electron chi connectivity index (χ1n) is 6.76. The van der Waals surface area contributed by atoms with E-state index in [1.54, 1.807) is 17.0 Å². The Kier molecular flexibility index (Phi) is 5.44. The van der Waals surface area contributed by atoms with Gasteiger partial charge in [0.15, 0.2) is 0 Å². The van der Waals surface area contributed by atoms with Crippen LogP contribution in [0.3, 0.4) is 0 Å². The Bertz CT molecular complexity index is 530. The first kappa shape index (κ1) is 15.6. The normalized spacial score (nSPS) is 13.9. The molecule has 2 rings (SSSR count). The van der Waals surface area contributed by atoms with Crippen LogP contribution in [0.5, 0.6) is 5.75 Å². The fourth-order valence-electron chi connectivity index (χ4n) is 2.18. The molecule has 114 valence electrons. The van der Waals surface area contributed by atoms with E-state index in [9.17, 15) is 9.59 Å². The van der Waals surface area contributed by atoms with Crippen molar-refractivity contribution in [3.05, 3.63) is 22.7 Å². The number of carbonyl (C=O) groups is 2. The van der Waals surface area contributed by atoms with Crippen molar-refractivity contribution in [3.63, 3.8) is 0 Å². The zero-order valence-corrected chi connectivity index (χ0v) is 13.4. The number of ether oxygens (including phenoxy) is 1. The molecule has 21 heavy (non-hydrogen) atoms. The van der Waals surface area contributed by atoms with Gasteiger partial charge in [-0.3, -0.25) is 4.79 Å². The molecule has 1 fully saturated rings. The highest BCUT2D eigenvalue weighted by Gasteiger charge is 2.18. The maximum absolute atomic E-state index is 11.8. The Morgan fingerprint density at radius 1 is 1.33 bits per heavy atom. The molecule has 1 saturated heterocycles. The molecule has 1 aromatic carbocycles. The van der Waals surface area contributed by atoms with E-state index in [0.29, 0.717) is 11.4 Å². The average molecular weight is 356 g/mol. The molecule has 6 nitrogen and oxygen atoms in total. The molecule has 0 saturated carbocycles. The molecule has 1 aliphatic heterocycles. The lowest BCUT2D eigenvalue weighted by molar-refractivity contribution is -0.128. The molecular formula is C14H18BrN3O3. The SMILES string of the molecule is COc1ccc(Br)cc1NC(=O)NCC(=O)N1CCCC1. The summed E-state index contributed by atoms with van der Waals surface area (Å²) in [7, 11) is 1.53. The van der Waals surface area contributed by atoms with Crippen LogP contribution in [0.15, 0.2) is 22.7 Å². The number of methoxy groups -OCH3 is 1. The van der Waals surface area contributed by atoms with Crippen molar-refractivity contribution >= 4 is 33.6 Å². The molecular weight excluding hydrogens is 338 g/mol. The standard InChI is InChI=1S/C14H18BrN3O3/c1-21-12-5-4-10(15)8-11(12)17-14(20)16-9-13(19)18-6-2-3-7-18/h4-5,8H,2-3,6-7,9H2,1H3,(H2,16,17,20). The summed E-state index contributed by atoms with van der Waals surface area (Å²) in [4.78, 5) is 25.4. The number of hydrogen-bond acceptors (Lipinski definition) is 3. The molecule has 7 heteroatoms. The maximum atomic E-state index is 11.8. The summed E-state index contributed by atoms with van der Waals surface area (Å²) in [5.41, 5.74) is 0.540. The van der Waals surface area contributed by atoms with Crippen LogP contribution in [0, 0.1) is 0 Å².